The number of hydrogen-bond donors (Lipinski definition) is 1. The predicted octanol–water partition coefficient (Wildman–Crippen LogP) is 3.28. The van der Waals surface area contributed by atoms with Crippen LogP contribution in [0.1, 0.15) is 37.8 Å². The first-order chi connectivity index (χ1) is 8.22. The lowest BCUT2D eigenvalue weighted by atomic mass is 9.76. The third-order valence-corrected chi connectivity index (χ3v) is 3.98. The monoisotopic (exact) mass is 269 g/mol. The Balaban J connectivity index is 0.00000162. The van der Waals surface area contributed by atoms with Crippen LogP contribution in [-0.2, 0) is 16.8 Å². The molecule has 18 heavy (non-hydrogen) atoms. The van der Waals surface area contributed by atoms with Gasteiger partial charge in [0.15, 0.2) is 0 Å². The number of halogens is 1. The molecule has 1 aliphatic carbocycles. The Morgan fingerprint density at radius 2 is 2.11 bits per heavy atom. The van der Waals surface area contributed by atoms with Crippen molar-refractivity contribution >= 4 is 12.4 Å². The molecule has 0 saturated carbocycles. The van der Waals surface area contributed by atoms with Gasteiger partial charge in [-0.2, -0.15) is 0 Å². The van der Waals surface area contributed by atoms with Crippen LogP contribution in [0.15, 0.2) is 24.3 Å². The summed E-state index contributed by atoms with van der Waals surface area (Å²) in [5.74, 6) is 0. The van der Waals surface area contributed by atoms with Crippen molar-refractivity contribution < 1.29 is 4.74 Å². The zero-order valence-corrected chi connectivity index (χ0v) is 12.3. The molecule has 1 aromatic rings. The molecule has 1 N–H and O–H groups in total. The van der Waals surface area contributed by atoms with Crippen LogP contribution in [0.25, 0.3) is 0 Å². The molecule has 1 aliphatic rings. The average molecular weight is 270 g/mol. The molecule has 2 rings (SSSR count). The topological polar surface area (TPSA) is 21.3 Å². The molecule has 0 aromatic heterocycles. The summed E-state index contributed by atoms with van der Waals surface area (Å²) in [7, 11) is 1.82. The molecule has 3 heteroatoms. The summed E-state index contributed by atoms with van der Waals surface area (Å²) in [5.41, 5.74) is 2.60. The Morgan fingerprint density at radius 3 is 2.78 bits per heavy atom. The molecular formula is C15H24ClNO. The maximum Gasteiger partial charge on any atom is 0.105 e. The maximum absolute atomic E-state index is 5.85. The number of fused-ring (bicyclic) bond motifs is 1. The van der Waals surface area contributed by atoms with Crippen LogP contribution < -0.4 is 5.32 Å². The number of ether oxygens (including phenoxy) is 1. The van der Waals surface area contributed by atoms with Gasteiger partial charge in [0.2, 0.25) is 0 Å². The molecule has 0 aliphatic heterocycles. The third-order valence-electron chi connectivity index (χ3n) is 3.98. The molecule has 2 nitrogen and oxygen atoms in total. The lowest BCUT2D eigenvalue weighted by molar-refractivity contribution is -0.0390. The smallest absolute Gasteiger partial charge is 0.105 e. The number of rotatable bonds is 4. The fourth-order valence-corrected chi connectivity index (χ4v) is 2.85. The Hall–Kier alpha value is -0.570. The lowest BCUT2D eigenvalue weighted by Gasteiger charge is -2.42. The Kier molecular flexibility index (Phi) is 5.64. The van der Waals surface area contributed by atoms with E-state index in [-0.39, 0.29) is 18.0 Å². The molecule has 1 aromatic carbocycles. The molecule has 0 heterocycles. The van der Waals surface area contributed by atoms with Crippen LogP contribution >= 0.6 is 12.4 Å². The van der Waals surface area contributed by atoms with Gasteiger partial charge in [-0.1, -0.05) is 31.2 Å². The summed E-state index contributed by atoms with van der Waals surface area (Å²) in [6.07, 6.45) is 3.47. The van der Waals surface area contributed by atoms with Gasteiger partial charge in [-0.3, -0.25) is 0 Å². The van der Waals surface area contributed by atoms with Crippen molar-refractivity contribution in [2.24, 2.45) is 0 Å². The van der Waals surface area contributed by atoms with E-state index in [4.69, 9.17) is 4.74 Å². The molecule has 0 amide bonds. The number of methoxy groups -OCH3 is 1. The molecule has 0 fully saturated rings. The summed E-state index contributed by atoms with van der Waals surface area (Å²) < 4.78 is 5.85. The van der Waals surface area contributed by atoms with Gasteiger partial charge < -0.3 is 10.1 Å². The molecule has 102 valence electrons. The van der Waals surface area contributed by atoms with Gasteiger partial charge in [0.05, 0.1) is 0 Å². The number of nitrogens with one attached hydrogen (secondary N) is 1. The van der Waals surface area contributed by atoms with E-state index in [9.17, 15) is 0 Å². The van der Waals surface area contributed by atoms with Crippen molar-refractivity contribution in [1.29, 1.82) is 0 Å². The van der Waals surface area contributed by atoms with Gasteiger partial charge in [0, 0.05) is 13.2 Å². The molecular weight excluding hydrogens is 246 g/mol. The molecule has 0 saturated heterocycles. The summed E-state index contributed by atoms with van der Waals surface area (Å²) in [6, 6.07) is 9.08. The minimum atomic E-state index is -0.190. The van der Waals surface area contributed by atoms with Crippen LogP contribution in [0.4, 0.5) is 0 Å². The lowest BCUT2D eigenvalue weighted by Crippen LogP contribution is -2.51. The van der Waals surface area contributed by atoms with E-state index in [0.717, 1.165) is 25.8 Å². The van der Waals surface area contributed by atoms with Gasteiger partial charge in [-0.15, -0.1) is 12.4 Å². The van der Waals surface area contributed by atoms with E-state index in [2.05, 4.69) is 43.4 Å². The molecule has 0 spiro atoms. The molecule has 0 bridgehead atoms. The predicted molar refractivity (Wildman–Crippen MR) is 78.5 cm³/mol. The van der Waals surface area contributed by atoms with Gasteiger partial charge in [0.25, 0.3) is 0 Å². The van der Waals surface area contributed by atoms with Crippen molar-refractivity contribution in [2.75, 3.05) is 13.7 Å². The Bertz CT molecular complexity index is 383. The number of benzene rings is 1. The minimum Gasteiger partial charge on any atom is -0.372 e. The molecule has 2 unspecified atom stereocenters. The summed E-state index contributed by atoms with van der Waals surface area (Å²) in [5, 5.41) is 3.63. The number of hydrogen-bond acceptors (Lipinski definition) is 2. The quantitative estimate of drug-likeness (QED) is 0.906. The standard InChI is InChI=1S/C15H23NO.ClH/c1-4-11-16-14-10-9-12-7-5-6-8-13(12)15(14,2)17-3;/h5-8,14,16H,4,9-11H2,1-3H3;1H. The fourth-order valence-electron chi connectivity index (χ4n) is 2.85. The highest BCUT2D eigenvalue weighted by molar-refractivity contribution is 5.85. The maximum atomic E-state index is 5.85. The van der Waals surface area contributed by atoms with Crippen molar-refractivity contribution in [1.82, 2.24) is 5.32 Å². The average Bonchev–Trinajstić information content (AvgIpc) is 2.38. The van der Waals surface area contributed by atoms with Crippen LogP contribution in [0.5, 0.6) is 0 Å². The first-order valence-corrected chi connectivity index (χ1v) is 6.59. The van der Waals surface area contributed by atoms with Crippen LogP contribution in [0.3, 0.4) is 0 Å². The largest absolute Gasteiger partial charge is 0.372 e. The van der Waals surface area contributed by atoms with Crippen molar-refractivity contribution in [3.8, 4) is 0 Å². The zero-order chi connectivity index (χ0) is 12.3. The Morgan fingerprint density at radius 1 is 1.39 bits per heavy atom. The van der Waals surface area contributed by atoms with E-state index in [1.54, 1.807) is 0 Å². The van der Waals surface area contributed by atoms with E-state index in [1.165, 1.54) is 11.1 Å². The molecule has 2 atom stereocenters. The van der Waals surface area contributed by atoms with E-state index < -0.39 is 0 Å². The van der Waals surface area contributed by atoms with Crippen LogP contribution in [-0.4, -0.2) is 19.7 Å². The van der Waals surface area contributed by atoms with Crippen LogP contribution in [0.2, 0.25) is 0 Å². The summed E-state index contributed by atoms with van der Waals surface area (Å²) >= 11 is 0. The first-order valence-electron chi connectivity index (χ1n) is 6.59. The van der Waals surface area contributed by atoms with Gasteiger partial charge in [-0.25, -0.2) is 0 Å². The molecule has 0 radical (unpaired) electrons. The second-order valence-corrected chi connectivity index (χ2v) is 5.01. The highest BCUT2D eigenvalue weighted by Crippen LogP contribution is 2.37. The highest BCUT2D eigenvalue weighted by atomic mass is 35.5. The van der Waals surface area contributed by atoms with Gasteiger partial charge >= 0.3 is 0 Å². The minimum absolute atomic E-state index is 0. The van der Waals surface area contributed by atoms with Crippen molar-refractivity contribution in [2.45, 2.75) is 44.8 Å². The fraction of sp³-hybridized carbons (Fsp3) is 0.600. The van der Waals surface area contributed by atoms with Gasteiger partial charge in [0.1, 0.15) is 5.60 Å². The normalized spacial score (nSPS) is 26.3. The second kappa shape index (κ2) is 6.55. The van der Waals surface area contributed by atoms with Crippen LogP contribution in [0, 0.1) is 0 Å². The summed E-state index contributed by atoms with van der Waals surface area (Å²) in [4.78, 5) is 0. The first kappa shape index (κ1) is 15.5. The van der Waals surface area contributed by atoms with Crippen molar-refractivity contribution in [3.05, 3.63) is 35.4 Å². The van der Waals surface area contributed by atoms with Crippen molar-refractivity contribution in [3.63, 3.8) is 0 Å². The SMILES string of the molecule is CCCNC1CCc2ccccc2C1(C)OC.Cl. The van der Waals surface area contributed by atoms with E-state index >= 15 is 0 Å². The number of aryl methyl sites for hydroxylation is 1. The summed E-state index contributed by atoms with van der Waals surface area (Å²) in [6.45, 7) is 5.47. The zero-order valence-electron chi connectivity index (χ0n) is 11.5. The van der Waals surface area contributed by atoms with E-state index in [0.29, 0.717) is 6.04 Å². The Labute approximate surface area is 117 Å². The second-order valence-electron chi connectivity index (χ2n) is 5.01. The highest BCUT2D eigenvalue weighted by Gasteiger charge is 2.39. The third kappa shape index (κ3) is 2.71. The van der Waals surface area contributed by atoms with E-state index in [1.807, 2.05) is 7.11 Å². The van der Waals surface area contributed by atoms with Gasteiger partial charge in [-0.05, 0) is 43.9 Å².